The molecule has 0 aliphatic carbocycles. The van der Waals surface area contributed by atoms with E-state index in [1.54, 1.807) is 6.07 Å². The van der Waals surface area contributed by atoms with Gasteiger partial charge in [0.25, 0.3) is 5.91 Å². The Labute approximate surface area is 280 Å². The molecule has 2 N–H and O–H groups in total. The maximum Gasteiger partial charge on any atom is 0.253 e. The van der Waals surface area contributed by atoms with Crippen molar-refractivity contribution in [2.45, 2.75) is 80.3 Å². The van der Waals surface area contributed by atoms with E-state index in [1.165, 1.54) is 36.1 Å². The topological polar surface area (TPSA) is 102 Å². The minimum atomic E-state index is -4.05. The fraction of sp³-hybridized carbons (Fsp3) is 0.429. The number of fused-ring (bicyclic) bond motifs is 3. The maximum absolute atomic E-state index is 13.5. The summed E-state index contributed by atoms with van der Waals surface area (Å²) >= 11 is 12.6. The van der Waals surface area contributed by atoms with Gasteiger partial charge in [-0.3, -0.25) is 9.69 Å². The van der Waals surface area contributed by atoms with Gasteiger partial charge >= 0.3 is 0 Å². The van der Waals surface area contributed by atoms with Crippen LogP contribution in [0.15, 0.2) is 71.6 Å². The Hall–Kier alpha value is -2.95. The summed E-state index contributed by atoms with van der Waals surface area (Å²) in [6, 6.07) is 22.5. The highest BCUT2D eigenvalue weighted by Crippen LogP contribution is 2.45. The molecule has 11 heteroatoms. The molecule has 0 radical (unpaired) electrons. The van der Waals surface area contributed by atoms with Crippen LogP contribution in [0.5, 0.6) is 0 Å². The van der Waals surface area contributed by atoms with Crippen LogP contribution >= 0.6 is 23.2 Å². The van der Waals surface area contributed by atoms with Crippen LogP contribution in [0, 0.1) is 6.92 Å². The number of primary sulfonamides is 1. The van der Waals surface area contributed by atoms with Crippen LogP contribution in [0.4, 0.5) is 0 Å². The molecule has 7 rings (SSSR count). The second-order valence-corrected chi connectivity index (χ2v) is 15.7. The van der Waals surface area contributed by atoms with Crippen molar-refractivity contribution in [3.63, 3.8) is 0 Å². The van der Waals surface area contributed by atoms with E-state index >= 15 is 0 Å². The molecule has 3 aromatic carbocycles. The molecular formula is C35H39Cl2N5O3S. The highest BCUT2D eigenvalue weighted by Gasteiger charge is 2.44. The maximum atomic E-state index is 13.5. The van der Waals surface area contributed by atoms with Crippen LogP contribution in [0.25, 0.3) is 11.0 Å². The number of aromatic nitrogens is 2. The van der Waals surface area contributed by atoms with E-state index in [0.29, 0.717) is 31.2 Å². The standard InChI is InChI=1S/C35H39Cl2N5O3S/c1-23-39-31-7-2-3-8-32(31)42(23)29-21-27-10-11-28(22-29)41(27)18-15-35(25-5-4-6-26(36)20-25)13-16-40(17-14-35)34(43)24-9-12-30(37)33(19-24)46(38,44)45/h2-9,12,19-20,27-29H,10-11,13-18,21-22H2,1H3,(H2,38,44,45)/t27-,28+,29?. The molecule has 3 fully saturated rings. The summed E-state index contributed by atoms with van der Waals surface area (Å²) < 4.78 is 26.5. The number of halogens is 2. The van der Waals surface area contributed by atoms with Crippen molar-refractivity contribution < 1.29 is 13.2 Å². The number of imidazole rings is 1. The molecule has 3 atom stereocenters. The van der Waals surface area contributed by atoms with Crippen LogP contribution < -0.4 is 5.14 Å². The van der Waals surface area contributed by atoms with Gasteiger partial charge in [-0.1, -0.05) is 47.5 Å². The fourth-order valence-corrected chi connectivity index (χ4v) is 9.73. The first-order chi connectivity index (χ1) is 22.0. The Bertz CT molecular complexity index is 1890. The van der Waals surface area contributed by atoms with Gasteiger partial charge in [0.15, 0.2) is 0 Å². The van der Waals surface area contributed by atoms with Gasteiger partial charge in [-0.25, -0.2) is 18.5 Å². The lowest BCUT2D eigenvalue weighted by Crippen LogP contribution is -2.49. The van der Waals surface area contributed by atoms with E-state index in [2.05, 4.69) is 52.8 Å². The lowest BCUT2D eigenvalue weighted by Gasteiger charge is -2.45. The number of para-hydroxylation sites is 2. The van der Waals surface area contributed by atoms with Crippen molar-refractivity contribution in [3.8, 4) is 0 Å². The van der Waals surface area contributed by atoms with E-state index < -0.39 is 10.0 Å². The van der Waals surface area contributed by atoms with Crippen molar-refractivity contribution in [1.29, 1.82) is 0 Å². The molecule has 1 amide bonds. The summed E-state index contributed by atoms with van der Waals surface area (Å²) in [7, 11) is -4.05. The SMILES string of the molecule is Cc1nc2ccccc2n1C1C[C@H]2CC[C@@H](C1)N2CCC1(c2cccc(Cl)c2)CCN(C(=O)c2ccc(Cl)c(S(N)(=O)=O)c2)CC1. The summed E-state index contributed by atoms with van der Waals surface area (Å²) in [5, 5.41) is 6.06. The number of nitrogens with two attached hydrogens (primary N) is 1. The molecule has 3 saturated heterocycles. The molecule has 3 aliphatic rings. The number of amides is 1. The number of benzene rings is 3. The first-order valence-corrected chi connectivity index (χ1v) is 18.4. The quantitative estimate of drug-likeness (QED) is 0.233. The summed E-state index contributed by atoms with van der Waals surface area (Å²) in [6.45, 7) is 4.24. The lowest BCUT2D eigenvalue weighted by atomic mass is 9.70. The van der Waals surface area contributed by atoms with Crippen molar-refractivity contribution in [2.24, 2.45) is 5.14 Å². The van der Waals surface area contributed by atoms with Crippen LogP contribution in [0.2, 0.25) is 10.0 Å². The van der Waals surface area contributed by atoms with Crippen LogP contribution in [-0.2, 0) is 15.4 Å². The lowest BCUT2D eigenvalue weighted by molar-refractivity contribution is 0.0606. The Balaban J connectivity index is 1.08. The normalized spacial score (nSPS) is 23.2. The van der Waals surface area contributed by atoms with Crippen molar-refractivity contribution >= 4 is 50.2 Å². The summed E-state index contributed by atoms with van der Waals surface area (Å²) in [5.41, 5.74) is 3.67. The molecule has 3 aliphatic heterocycles. The second-order valence-electron chi connectivity index (χ2n) is 13.3. The zero-order valence-corrected chi connectivity index (χ0v) is 28.2. The average molecular weight is 681 g/mol. The number of sulfonamides is 1. The Kier molecular flexibility index (Phi) is 8.43. The predicted molar refractivity (Wildman–Crippen MR) is 182 cm³/mol. The van der Waals surface area contributed by atoms with Gasteiger partial charge in [0.2, 0.25) is 10.0 Å². The first-order valence-electron chi connectivity index (χ1n) is 16.1. The number of carbonyl (C=O) groups excluding carboxylic acids is 1. The molecule has 0 spiro atoms. The molecule has 4 aromatic rings. The van der Waals surface area contributed by atoms with Gasteiger partial charge < -0.3 is 9.47 Å². The van der Waals surface area contributed by atoms with E-state index in [9.17, 15) is 13.2 Å². The van der Waals surface area contributed by atoms with Crippen LogP contribution in [-0.4, -0.2) is 65.4 Å². The number of nitrogens with zero attached hydrogens (tertiary/aromatic N) is 4. The fourth-order valence-electron chi connectivity index (χ4n) is 8.47. The number of rotatable bonds is 7. The highest BCUT2D eigenvalue weighted by molar-refractivity contribution is 7.89. The number of piperidine rings is 2. The van der Waals surface area contributed by atoms with E-state index in [0.717, 1.165) is 55.0 Å². The van der Waals surface area contributed by atoms with Gasteiger partial charge in [-0.15, -0.1) is 0 Å². The third kappa shape index (κ3) is 5.85. The minimum Gasteiger partial charge on any atom is -0.339 e. The Morgan fingerprint density at radius 3 is 2.37 bits per heavy atom. The molecular weight excluding hydrogens is 641 g/mol. The largest absolute Gasteiger partial charge is 0.339 e. The molecule has 1 aromatic heterocycles. The third-order valence-electron chi connectivity index (χ3n) is 10.8. The zero-order chi connectivity index (χ0) is 32.2. The number of aryl methyl sites for hydroxylation is 1. The molecule has 2 bridgehead atoms. The third-order valence-corrected chi connectivity index (χ3v) is 12.4. The zero-order valence-electron chi connectivity index (χ0n) is 25.9. The van der Waals surface area contributed by atoms with Crippen LogP contribution in [0.1, 0.15) is 72.7 Å². The van der Waals surface area contributed by atoms with Gasteiger partial charge in [0.05, 0.1) is 16.1 Å². The van der Waals surface area contributed by atoms with Gasteiger partial charge in [0, 0.05) is 41.8 Å². The second kappa shape index (κ2) is 12.3. The van der Waals surface area contributed by atoms with Crippen molar-refractivity contribution in [1.82, 2.24) is 19.4 Å². The predicted octanol–water partition coefficient (Wildman–Crippen LogP) is 6.73. The van der Waals surface area contributed by atoms with Crippen molar-refractivity contribution in [2.75, 3.05) is 19.6 Å². The molecule has 0 saturated carbocycles. The molecule has 4 heterocycles. The number of hydrogen-bond acceptors (Lipinski definition) is 5. The van der Waals surface area contributed by atoms with Crippen LogP contribution in [0.3, 0.4) is 0 Å². The van der Waals surface area contributed by atoms with Crippen molar-refractivity contribution in [3.05, 3.63) is 93.7 Å². The summed E-state index contributed by atoms with van der Waals surface area (Å²) in [5.74, 6) is 0.878. The van der Waals surface area contributed by atoms with E-state index in [4.69, 9.17) is 33.3 Å². The summed E-state index contributed by atoms with van der Waals surface area (Å²) in [6.07, 6.45) is 7.28. The Morgan fingerprint density at radius 1 is 0.957 bits per heavy atom. The highest BCUT2D eigenvalue weighted by atomic mass is 35.5. The average Bonchev–Trinajstić information content (AvgIpc) is 3.49. The van der Waals surface area contributed by atoms with E-state index in [1.807, 2.05) is 17.0 Å². The van der Waals surface area contributed by atoms with Gasteiger partial charge in [0.1, 0.15) is 10.7 Å². The van der Waals surface area contributed by atoms with Gasteiger partial charge in [-0.05, 0) is 112 Å². The number of likely N-dealkylation sites (tertiary alicyclic amines) is 1. The summed E-state index contributed by atoms with van der Waals surface area (Å²) in [4.78, 5) is 22.7. The number of carbonyl (C=O) groups is 1. The monoisotopic (exact) mass is 679 g/mol. The van der Waals surface area contributed by atoms with E-state index in [-0.39, 0.29) is 26.8 Å². The minimum absolute atomic E-state index is 0.00387. The molecule has 1 unspecified atom stereocenters. The smallest absolute Gasteiger partial charge is 0.253 e. The Morgan fingerprint density at radius 2 is 1.67 bits per heavy atom. The molecule has 46 heavy (non-hydrogen) atoms. The first kappa shape index (κ1) is 31.6. The number of hydrogen-bond donors (Lipinski definition) is 1. The molecule has 242 valence electrons. The molecule has 8 nitrogen and oxygen atoms in total. The van der Waals surface area contributed by atoms with Gasteiger partial charge in [-0.2, -0.15) is 0 Å².